The molecule has 0 spiro atoms. The molecule has 1 aliphatic carbocycles. The van der Waals surface area contributed by atoms with Gasteiger partial charge in [0.05, 0.1) is 24.2 Å². The molecule has 0 atom stereocenters. The third kappa shape index (κ3) is 2.20. The highest BCUT2D eigenvalue weighted by Crippen LogP contribution is 2.30. The molecule has 1 aliphatic rings. The summed E-state index contributed by atoms with van der Waals surface area (Å²) in [5, 5.41) is 4.76. The van der Waals surface area contributed by atoms with Crippen LogP contribution in [-0.2, 0) is 0 Å². The Kier molecular flexibility index (Phi) is 3.19. The van der Waals surface area contributed by atoms with Gasteiger partial charge >= 0.3 is 0 Å². The lowest BCUT2D eigenvalue weighted by Crippen LogP contribution is -2.10. The van der Waals surface area contributed by atoms with Crippen LogP contribution in [0.4, 0.5) is 0 Å². The Bertz CT molecular complexity index is 520. The molecule has 3 rings (SSSR count). The maximum atomic E-state index is 6.28. The average Bonchev–Trinajstić information content (AvgIpc) is 3.03. The highest BCUT2D eigenvalue weighted by molar-refractivity contribution is 6.31. The van der Waals surface area contributed by atoms with Crippen molar-refractivity contribution >= 4 is 11.6 Å². The minimum absolute atomic E-state index is 0.286. The van der Waals surface area contributed by atoms with Gasteiger partial charge in [0, 0.05) is 6.20 Å². The minimum atomic E-state index is 0.286. The van der Waals surface area contributed by atoms with Crippen molar-refractivity contribution in [3.8, 4) is 11.4 Å². The van der Waals surface area contributed by atoms with Gasteiger partial charge in [0.1, 0.15) is 0 Å². The summed E-state index contributed by atoms with van der Waals surface area (Å²) in [4.78, 5) is 4.05. The van der Waals surface area contributed by atoms with E-state index in [-0.39, 0.29) is 6.10 Å². The van der Waals surface area contributed by atoms with Gasteiger partial charge in [-0.2, -0.15) is 5.10 Å². The van der Waals surface area contributed by atoms with E-state index in [0.29, 0.717) is 10.9 Å². The first-order valence-corrected chi connectivity index (χ1v) is 6.53. The summed E-state index contributed by atoms with van der Waals surface area (Å²) in [7, 11) is 0. The summed E-state index contributed by atoms with van der Waals surface area (Å²) in [6.45, 7) is 0. The largest absolute Gasteiger partial charge is 0.485 e. The van der Waals surface area contributed by atoms with Gasteiger partial charge in [-0.1, -0.05) is 11.6 Å². The molecule has 5 heteroatoms. The van der Waals surface area contributed by atoms with Gasteiger partial charge in [-0.15, -0.1) is 0 Å². The number of ether oxygens (including phenoxy) is 1. The number of pyridine rings is 1. The van der Waals surface area contributed by atoms with Gasteiger partial charge in [0.15, 0.2) is 10.9 Å². The highest BCUT2D eigenvalue weighted by Gasteiger charge is 2.20. The van der Waals surface area contributed by atoms with Crippen LogP contribution in [-0.4, -0.2) is 20.9 Å². The Balaban J connectivity index is 1.83. The molecule has 0 radical (unpaired) electrons. The monoisotopic (exact) mass is 263 g/mol. The zero-order valence-corrected chi connectivity index (χ0v) is 10.7. The second-order valence-electron chi connectivity index (χ2n) is 4.45. The molecule has 0 N–H and O–H groups in total. The molecule has 18 heavy (non-hydrogen) atoms. The molecule has 4 nitrogen and oxygen atoms in total. The number of aromatic nitrogens is 3. The number of hydrogen-bond donors (Lipinski definition) is 0. The number of hydrogen-bond acceptors (Lipinski definition) is 3. The molecular formula is C13H14ClN3O. The van der Waals surface area contributed by atoms with Crippen molar-refractivity contribution in [3.63, 3.8) is 0 Å². The van der Waals surface area contributed by atoms with Crippen LogP contribution in [0.5, 0.6) is 5.75 Å². The fourth-order valence-corrected chi connectivity index (χ4v) is 2.48. The number of nitrogens with zero attached hydrogens (tertiary/aromatic N) is 3. The smallest absolute Gasteiger partial charge is 0.177 e. The predicted molar refractivity (Wildman–Crippen MR) is 69.3 cm³/mol. The van der Waals surface area contributed by atoms with Gasteiger partial charge in [-0.3, -0.25) is 4.98 Å². The summed E-state index contributed by atoms with van der Waals surface area (Å²) in [5.41, 5.74) is 0.837. The van der Waals surface area contributed by atoms with E-state index in [1.165, 1.54) is 12.8 Å². The standard InChI is InChI=1S/C13H14ClN3O/c14-13-12(18-11-5-1-2-6-11)9-16-17(13)10-4-3-7-15-8-10/h3-4,7-9,11H,1-2,5-6H2. The predicted octanol–water partition coefficient (Wildman–Crippen LogP) is 3.24. The van der Waals surface area contributed by atoms with E-state index >= 15 is 0 Å². The maximum Gasteiger partial charge on any atom is 0.177 e. The minimum Gasteiger partial charge on any atom is -0.485 e. The van der Waals surface area contributed by atoms with Crippen LogP contribution in [0.15, 0.2) is 30.7 Å². The van der Waals surface area contributed by atoms with Gasteiger partial charge in [0.2, 0.25) is 0 Å². The van der Waals surface area contributed by atoms with E-state index in [0.717, 1.165) is 18.5 Å². The van der Waals surface area contributed by atoms with Crippen molar-refractivity contribution in [2.24, 2.45) is 0 Å². The van der Waals surface area contributed by atoms with Crippen molar-refractivity contribution in [1.82, 2.24) is 14.8 Å². The molecule has 2 aromatic rings. The van der Waals surface area contributed by atoms with Crippen LogP contribution >= 0.6 is 11.6 Å². The Hall–Kier alpha value is -1.55. The molecule has 1 saturated carbocycles. The van der Waals surface area contributed by atoms with E-state index in [4.69, 9.17) is 16.3 Å². The molecule has 0 amide bonds. The maximum absolute atomic E-state index is 6.28. The molecule has 0 saturated heterocycles. The van der Waals surface area contributed by atoms with Crippen molar-refractivity contribution < 1.29 is 4.74 Å². The zero-order valence-electron chi connectivity index (χ0n) is 9.92. The molecule has 94 valence electrons. The lowest BCUT2D eigenvalue weighted by Gasteiger charge is -2.11. The summed E-state index contributed by atoms with van der Waals surface area (Å²) < 4.78 is 7.51. The quantitative estimate of drug-likeness (QED) is 0.853. The first-order valence-electron chi connectivity index (χ1n) is 6.15. The fraction of sp³-hybridized carbons (Fsp3) is 0.385. The summed E-state index contributed by atoms with van der Waals surface area (Å²) in [6.07, 6.45) is 10.1. The average molecular weight is 264 g/mol. The SMILES string of the molecule is Clc1c(OC2CCCC2)cnn1-c1cccnc1. The van der Waals surface area contributed by atoms with E-state index in [2.05, 4.69) is 10.1 Å². The molecule has 0 unspecified atom stereocenters. The van der Waals surface area contributed by atoms with Gasteiger partial charge in [-0.05, 0) is 37.8 Å². The molecule has 1 fully saturated rings. The first kappa shape index (κ1) is 11.5. The summed E-state index contributed by atoms with van der Waals surface area (Å²) >= 11 is 6.28. The Morgan fingerprint density at radius 1 is 1.28 bits per heavy atom. The Morgan fingerprint density at radius 3 is 2.83 bits per heavy atom. The van der Waals surface area contributed by atoms with Crippen LogP contribution < -0.4 is 4.74 Å². The molecule has 0 bridgehead atoms. The summed E-state index contributed by atoms with van der Waals surface area (Å²) in [5.74, 6) is 0.660. The summed E-state index contributed by atoms with van der Waals surface area (Å²) in [6, 6.07) is 3.76. The molecule has 2 aromatic heterocycles. The molecule has 0 aromatic carbocycles. The normalized spacial score (nSPS) is 16.1. The van der Waals surface area contributed by atoms with E-state index in [1.54, 1.807) is 23.3 Å². The molecule has 2 heterocycles. The lowest BCUT2D eigenvalue weighted by molar-refractivity contribution is 0.210. The van der Waals surface area contributed by atoms with Crippen molar-refractivity contribution in [2.75, 3.05) is 0 Å². The van der Waals surface area contributed by atoms with E-state index in [9.17, 15) is 0 Å². The topological polar surface area (TPSA) is 39.9 Å². The molecule has 0 aliphatic heterocycles. The third-order valence-corrected chi connectivity index (χ3v) is 3.51. The zero-order chi connectivity index (χ0) is 12.4. The number of rotatable bonds is 3. The van der Waals surface area contributed by atoms with Crippen LogP contribution in [0.25, 0.3) is 5.69 Å². The molecular weight excluding hydrogens is 250 g/mol. The van der Waals surface area contributed by atoms with Crippen LogP contribution in [0, 0.1) is 0 Å². The lowest BCUT2D eigenvalue weighted by atomic mass is 10.3. The van der Waals surface area contributed by atoms with Gasteiger partial charge < -0.3 is 4.74 Å². The fourth-order valence-electron chi connectivity index (χ4n) is 2.24. The highest BCUT2D eigenvalue weighted by atomic mass is 35.5. The van der Waals surface area contributed by atoms with Crippen molar-refractivity contribution in [1.29, 1.82) is 0 Å². The van der Waals surface area contributed by atoms with Gasteiger partial charge in [0.25, 0.3) is 0 Å². The van der Waals surface area contributed by atoms with E-state index < -0.39 is 0 Å². The van der Waals surface area contributed by atoms with Crippen LogP contribution in [0.2, 0.25) is 5.15 Å². The van der Waals surface area contributed by atoms with Crippen molar-refractivity contribution in [2.45, 2.75) is 31.8 Å². The first-order chi connectivity index (χ1) is 8.84. The second kappa shape index (κ2) is 4.98. The number of halogens is 1. The van der Waals surface area contributed by atoms with Crippen LogP contribution in [0.3, 0.4) is 0 Å². The third-order valence-electron chi connectivity index (χ3n) is 3.17. The van der Waals surface area contributed by atoms with Gasteiger partial charge in [-0.25, -0.2) is 4.68 Å². The second-order valence-corrected chi connectivity index (χ2v) is 4.80. The van der Waals surface area contributed by atoms with E-state index in [1.807, 2.05) is 12.1 Å². The van der Waals surface area contributed by atoms with Crippen LogP contribution in [0.1, 0.15) is 25.7 Å². The Labute approximate surface area is 111 Å². The van der Waals surface area contributed by atoms with Crippen molar-refractivity contribution in [3.05, 3.63) is 35.9 Å². The Morgan fingerprint density at radius 2 is 2.11 bits per heavy atom.